The highest BCUT2D eigenvalue weighted by Gasteiger charge is 2.17. The van der Waals surface area contributed by atoms with Crippen LogP contribution in [0.4, 0.5) is 5.69 Å². The normalized spacial score (nSPS) is 10.5. The van der Waals surface area contributed by atoms with Gasteiger partial charge in [-0.3, -0.25) is 4.57 Å². The monoisotopic (exact) mass is 255 g/mol. The number of anilines is 1. The summed E-state index contributed by atoms with van der Waals surface area (Å²) in [6.45, 7) is 5.95. The summed E-state index contributed by atoms with van der Waals surface area (Å²) in [6.07, 6.45) is 0. The van der Waals surface area contributed by atoms with Gasteiger partial charge in [-0.05, 0) is 32.4 Å². The summed E-state index contributed by atoms with van der Waals surface area (Å²) in [4.78, 5) is 0. The van der Waals surface area contributed by atoms with Crippen molar-refractivity contribution < 1.29 is 4.74 Å². The van der Waals surface area contributed by atoms with E-state index >= 15 is 0 Å². The van der Waals surface area contributed by atoms with Crippen LogP contribution >= 0.6 is 0 Å². The van der Waals surface area contributed by atoms with E-state index in [0.717, 1.165) is 11.3 Å². The van der Waals surface area contributed by atoms with Crippen LogP contribution in [-0.4, -0.2) is 4.57 Å². The molecular formula is C15H17N3O. The molecule has 0 saturated carbocycles. The summed E-state index contributed by atoms with van der Waals surface area (Å²) in [6, 6.07) is 11.6. The molecule has 0 radical (unpaired) electrons. The number of nitrogens with zero attached hydrogens (tertiary/aromatic N) is 2. The molecule has 19 heavy (non-hydrogen) atoms. The number of aryl methyl sites for hydroxylation is 1. The van der Waals surface area contributed by atoms with Gasteiger partial charge in [0.05, 0.1) is 5.69 Å². The minimum absolute atomic E-state index is 0.103. The Morgan fingerprint density at radius 2 is 2.00 bits per heavy atom. The standard InChI is InChI=1S/C15H17N3O/c1-10(2)18-12(9-16)8-13(17)15(18)19-14-7-5-4-6-11(14)3/h4-8,10H,17H2,1-3H3. The Morgan fingerprint density at radius 3 is 2.58 bits per heavy atom. The molecule has 0 aliphatic carbocycles. The van der Waals surface area contributed by atoms with Gasteiger partial charge in [0, 0.05) is 12.1 Å². The lowest BCUT2D eigenvalue weighted by Gasteiger charge is -2.16. The number of aromatic nitrogens is 1. The third kappa shape index (κ3) is 2.41. The molecule has 0 fully saturated rings. The largest absolute Gasteiger partial charge is 0.438 e. The molecule has 0 aliphatic heterocycles. The van der Waals surface area contributed by atoms with Gasteiger partial charge < -0.3 is 10.5 Å². The van der Waals surface area contributed by atoms with Gasteiger partial charge >= 0.3 is 0 Å². The molecule has 0 amide bonds. The zero-order chi connectivity index (χ0) is 14.0. The number of rotatable bonds is 3. The number of nitriles is 1. The molecule has 0 saturated heterocycles. The molecule has 0 aliphatic rings. The lowest BCUT2D eigenvalue weighted by molar-refractivity contribution is 0.410. The molecule has 4 nitrogen and oxygen atoms in total. The predicted octanol–water partition coefficient (Wildman–Crippen LogP) is 3.62. The van der Waals surface area contributed by atoms with E-state index in [1.807, 2.05) is 49.6 Å². The van der Waals surface area contributed by atoms with Crippen LogP contribution in [0.5, 0.6) is 11.6 Å². The van der Waals surface area contributed by atoms with Gasteiger partial charge in [-0.15, -0.1) is 0 Å². The van der Waals surface area contributed by atoms with Gasteiger partial charge in [-0.2, -0.15) is 5.26 Å². The molecule has 2 rings (SSSR count). The van der Waals surface area contributed by atoms with Gasteiger partial charge in [0.15, 0.2) is 0 Å². The van der Waals surface area contributed by atoms with E-state index in [2.05, 4.69) is 6.07 Å². The van der Waals surface area contributed by atoms with Crippen molar-refractivity contribution in [2.75, 3.05) is 5.73 Å². The van der Waals surface area contributed by atoms with Crippen molar-refractivity contribution in [1.82, 2.24) is 4.57 Å². The van der Waals surface area contributed by atoms with Gasteiger partial charge in [-0.1, -0.05) is 18.2 Å². The van der Waals surface area contributed by atoms with Crippen LogP contribution in [-0.2, 0) is 0 Å². The van der Waals surface area contributed by atoms with Crippen LogP contribution in [0.1, 0.15) is 31.1 Å². The van der Waals surface area contributed by atoms with Crippen molar-refractivity contribution in [3.8, 4) is 17.7 Å². The first-order valence-corrected chi connectivity index (χ1v) is 6.19. The molecule has 0 unspecified atom stereocenters. The van der Waals surface area contributed by atoms with E-state index in [0.29, 0.717) is 17.3 Å². The van der Waals surface area contributed by atoms with E-state index < -0.39 is 0 Å². The Balaban J connectivity index is 2.49. The molecule has 1 heterocycles. The van der Waals surface area contributed by atoms with Crippen molar-refractivity contribution >= 4 is 5.69 Å². The van der Waals surface area contributed by atoms with Crippen molar-refractivity contribution in [3.05, 3.63) is 41.6 Å². The van der Waals surface area contributed by atoms with Gasteiger partial charge in [0.2, 0.25) is 5.88 Å². The van der Waals surface area contributed by atoms with Gasteiger partial charge in [0.1, 0.15) is 17.5 Å². The van der Waals surface area contributed by atoms with E-state index in [9.17, 15) is 0 Å². The Hall–Kier alpha value is -2.41. The van der Waals surface area contributed by atoms with Crippen LogP contribution in [0, 0.1) is 18.3 Å². The number of nitrogens with two attached hydrogens (primary N) is 1. The zero-order valence-corrected chi connectivity index (χ0v) is 11.3. The quantitative estimate of drug-likeness (QED) is 0.910. The maximum atomic E-state index is 9.14. The summed E-state index contributed by atoms with van der Waals surface area (Å²) in [5, 5.41) is 9.14. The number of hydrogen-bond donors (Lipinski definition) is 1. The van der Waals surface area contributed by atoms with Crippen molar-refractivity contribution in [2.24, 2.45) is 0 Å². The third-order valence-electron chi connectivity index (χ3n) is 2.95. The number of nitrogen functional groups attached to an aromatic ring is 1. The fraction of sp³-hybridized carbons (Fsp3) is 0.267. The molecule has 0 bridgehead atoms. The molecule has 0 atom stereocenters. The summed E-state index contributed by atoms with van der Waals surface area (Å²) < 4.78 is 7.71. The number of ether oxygens (including phenoxy) is 1. The van der Waals surface area contributed by atoms with Crippen molar-refractivity contribution in [2.45, 2.75) is 26.8 Å². The van der Waals surface area contributed by atoms with Crippen LogP contribution < -0.4 is 10.5 Å². The molecule has 2 N–H and O–H groups in total. The Kier molecular flexibility index (Phi) is 3.48. The first-order chi connectivity index (χ1) is 9.04. The highest BCUT2D eigenvalue weighted by atomic mass is 16.5. The number of para-hydroxylation sites is 1. The smallest absolute Gasteiger partial charge is 0.224 e. The number of hydrogen-bond acceptors (Lipinski definition) is 3. The zero-order valence-electron chi connectivity index (χ0n) is 11.3. The minimum atomic E-state index is 0.103. The SMILES string of the molecule is Cc1ccccc1Oc1c(N)cc(C#N)n1C(C)C. The van der Waals surface area contributed by atoms with E-state index in [1.54, 1.807) is 6.07 Å². The van der Waals surface area contributed by atoms with Crippen molar-refractivity contribution in [1.29, 1.82) is 5.26 Å². The maximum absolute atomic E-state index is 9.14. The fourth-order valence-electron chi connectivity index (χ4n) is 2.01. The summed E-state index contributed by atoms with van der Waals surface area (Å²) >= 11 is 0. The molecule has 98 valence electrons. The molecule has 0 spiro atoms. The topological polar surface area (TPSA) is 64.0 Å². The molecule has 1 aromatic heterocycles. The maximum Gasteiger partial charge on any atom is 0.224 e. The lowest BCUT2D eigenvalue weighted by atomic mass is 10.2. The first kappa shape index (κ1) is 13.0. The number of benzene rings is 1. The average Bonchev–Trinajstić information content (AvgIpc) is 2.69. The average molecular weight is 255 g/mol. The Labute approximate surface area is 113 Å². The third-order valence-corrected chi connectivity index (χ3v) is 2.95. The fourth-order valence-corrected chi connectivity index (χ4v) is 2.01. The van der Waals surface area contributed by atoms with Crippen LogP contribution in [0.3, 0.4) is 0 Å². The Morgan fingerprint density at radius 1 is 1.32 bits per heavy atom. The van der Waals surface area contributed by atoms with E-state index in [4.69, 9.17) is 15.7 Å². The lowest BCUT2D eigenvalue weighted by Crippen LogP contribution is -2.06. The summed E-state index contributed by atoms with van der Waals surface area (Å²) in [7, 11) is 0. The van der Waals surface area contributed by atoms with Gasteiger partial charge in [0.25, 0.3) is 0 Å². The minimum Gasteiger partial charge on any atom is -0.438 e. The molecule has 4 heteroatoms. The second-order valence-corrected chi connectivity index (χ2v) is 4.73. The molecular weight excluding hydrogens is 238 g/mol. The highest BCUT2D eigenvalue weighted by molar-refractivity contribution is 5.57. The summed E-state index contributed by atoms with van der Waals surface area (Å²) in [5.74, 6) is 1.28. The van der Waals surface area contributed by atoms with Crippen molar-refractivity contribution in [3.63, 3.8) is 0 Å². The van der Waals surface area contributed by atoms with Crippen LogP contribution in [0.2, 0.25) is 0 Å². The van der Waals surface area contributed by atoms with E-state index in [1.165, 1.54) is 0 Å². The Bertz CT molecular complexity index is 635. The highest BCUT2D eigenvalue weighted by Crippen LogP contribution is 2.34. The van der Waals surface area contributed by atoms with Crippen LogP contribution in [0.15, 0.2) is 30.3 Å². The molecule has 2 aromatic rings. The first-order valence-electron chi connectivity index (χ1n) is 6.19. The summed E-state index contributed by atoms with van der Waals surface area (Å²) in [5.41, 5.74) is 7.97. The second kappa shape index (κ2) is 5.07. The van der Waals surface area contributed by atoms with E-state index in [-0.39, 0.29) is 6.04 Å². The predicted molar refractivity (Wildman–Crippen MR) is 75.2 cm³/mol. The second-order valence-electron chi connectivity index (χ2n) is 4.73. The van der Waals surface area contributed by atoms with Gasteiger partial charge in [-0.25, -0.2) is 0 Å². The van der Waals surface area contributed by atoms with Crippen LogP contribution in [0.25, 0.3) is 0 Å². The molecule has 1 aromatic carbocycles.